The van der Waals surface area contributed by atoms with E-state index < -0.39 is 27.2 Å². The van der Waals surface area contributed by atoms with Gasteiger partial charge in [0.05, 0.1) is 0 Å². The molecule has 6 nitrogen and oxygen atoms in total. The number of sulfonamides is 1. The lowest BCUT2D eigenvalue weighted by Crippen LogP contribution is -2.52. The minimum Gasteiger partial charge on any atom is -0.444 e. The first-order chi connectivity index (χ1) is 9.32. The maximum absolute atomic E-state index is 12.1. The molecule has 0 saturated carbocycles. The highest BCUT2D eigenvalue weighted by Gasteiger charge is 2.45. The summed E-state index contributed by atoms with van der Waals surface area (Å²) in [4.78, 5) is 13.0. The van der Waals surface area contributed by atoms with E-state index in [2.05, 4.69) is 0 Å². The number of amides is 1. The van der Waals surface area contributed by atoms with E-state index in [0.29, 0.717) is 13.1 Å². The Hall–Kier alpha value is -1.03. The molecular formula is C11H19F3N2O4S. The number of ether oxygens (including phenoxy) is 1. The third-order valence-corrected chi connectivity index (χ3v) is 3.95. The first kappa shape index (κ1) is 18.0. The van der Waals surface area contributed by atoms with Gasteiger partial charge in [-0.1, -0.05) is 0 Å². The van der Waals surface area contributed by atoms with Gasteiger partial charge in [-0.3, -0.25) is 0 Å². The van der Waals surface area contributed by atoms with E-state index in [1.54, 1.807) is 20.8 Å². The maximum Gasteiger partial charge on any atom is 0.511 e. The van der Waals surface area contributed by atoms with Crippen LogP contribution >= 0.6 is 0 Å². The van der Waals surface area contributed by atoms with Gasteiger partial charge in [0.15, 0.2) is 0 Å². The van der Waals surface area contributed by atoms with E-state index in [1.807, 2.05) is 0 Å². The summed E-state index contributed by atoms with van der Waals surface area (Å²) in [6.45, 7) is 5.58. The molecule has 1 saturated heterocycles. The Morgan fingerprint density at radius 3 is 2.24 bits per heavy atom. The van der Waals surface area contributed by atoms with E-state index >= 15 is 0 Å². The number of rotatable bonds is 4. The Bertz CT molecular complexity index is 479. The third kappa shape index (κ3) is 5.34. The lowest BCUT2D eigenvalue weighted by atomic mass is 9.97. The van der Waals surface area contributed by atoms with Gasteiger partial charge in [-0.15, -0.1) is 0 Å². The zero-order chi connectivity index (χ0) is 16.5. The molecule has 21 heavy (non-hydrogen) atoms. The van der Waals surface area contributed by atoms with Crippen molar-refractivity contribution in [2.24, 2.45) is 5.92 Å². The number of hydrogen-bond acceptors (Lipinski definition) is 4. The zero-order valence-corrected chi connectivity index (χ0v) is 12.8. The van der Waals surface area contributed by atoms with Crippen LogP contribution in [0.5, 0.6) is 0 Å². The van der Waals surface area contributed by atoms with E-state index in [-0.39, 0.29) is 18.9 Å². The van der Waals surface area contributed by atoms with Crippen LogP contribution in [0.25, 0.3) is 0 Å². The van der Waals surface area contributed by atoms with Crippen molar-refractivity contribution in [1.29, 1.82) is 0 Å². The zero-order valence-electron chi connectivity index (χ0n) is 12.0. The second-order valence-electron chi connectivity index (χ2n) is 5.88. The van der Waals surface area contributed by atoms with E-state index in [9.17, 15) is 26.4 Å². The van der Waals surface area contributed by atoms with Crippen LogP contribution < -0.4 is 4.72 Å². The number of carbonyl (C=O) groups is 1. The Kier molecular flexibility index (Phi) is 5.14. The Morgan fingerprint density at radius 1 is 1.29 bits per heavy atom. The minimum absolute atomic E-state index is 0.0338. The predicted molar refractivity (Wildman–Crippen MR) is 68.9 cm³/mol. The summed E-state index contributed by atoms with van der Waals surface area (Å²) in [7, 11) is -5.29. The summed E-state index contributed by atoms with van der Waals surface area (Å²) in [5.41, 5.74) is -5.90. The first-order valence-electron chi connectivity index (χ1n) is 6.36. The third-order valence-electron chi connectivity index (χ3n) is 2.76. The summed E-state index contributed by atoms with van der Waals surface area (Å²) in [6.07, 6.45) is -0.246. The number of hydrogen-bond donors (Lipinski definition) is 1. The highest BCUT2D eigenvalue weighted by Crippen LogP contribution is 2.24. The molecule has 124 valence electrons. The van der Waals surface area contributed by atoms with Crippen LogP contribution in [0.3, 0.4) is 0 Å². The molecule has 1 N–H and O–H groups in total. The van der Waals surface area contributed by atoms with E-state index in [1.165, 1.54) is 9.62 Å². The molecule has 1 amide bonds. The molecule has 0 atom stereocenters. The Balaban J connectivity index is 2.27. The molecule has 1 aliphatic heterocycles. The van der Waals surface area contributed by atoms with Crippen LogP contribution in [0.4, 0.5) is 18.0 Å². The normalized spacial score (nSPS) is 17.5. The molecule has 1 aliphatic rings. The average molecular weight is 332 g/mol. The fourth-order valence-electron chi connectivity index (χ4n) is 1.71. The fraction of sp³-hybridized carbons (Fsp3) is 0.909. The monoisotopic (exact) mass is 332 g/mol. The van der Waals surface area contributed by atoms with Crippen molar-refractivity contribution in [1.82, 2.24) is 9.62 Å². The Labute approximate surface area is 121 Å². The fourth-order valence-corrected chi connectivity index (χ4v) is 2.26. The molecule has 10 heteroatoms. The molecule has 0 aromatic heterocycles. The van der Waals surface area contributed by atoms with Crippen LogP contribution in [-0.2, 0) is 14.8 Å². The molecule has 0 unspecified atom stereocenters. The number of halogens is 3. The molecule has 0 radical (unpaired) electrons. The SMILES string of the molecule is CC(C)(C)OC(=O)N1CC(CCNS(=O)(=O)C(F)(F)F)C1. The summed E-state index contributed by atoms with van der Waals surface area (Å²) < 4.78 is 64.3. The van der Waals surface area contributed by atoms with Gasteiger partial charge in [0, 0.05) is 19.6 Å². The molecule has 1 fully saturated rings. The second kappa shape index (κ2) is 5.99. The van der Waals surface area contributed by atoms with E-state index in [4.69, 9.17) is 4.74 Å². The van der Waals surface area contributed by atoms with Crippen LogP contribution in [0, 0.1) is 5.92 Å². The van der Waals surface area contributed by atoms with Crippen molar-refractivity contribution >= 4 is 16.1 Å². The Morgan fingerprint density at radius 2 is 1.81 bits per heavy atom. The number of carbonyl (C=O) groups excluding carboxylic acids is 1. The molecule has 0 bridgehead atoms. The predicted octanol–water partition coefficient (Wildman–Crippen LogP) is 1.68. The van der Waals surface area contributed by atoms with Gasteiger partial charge < -0.3 is 9.64 Å². The van der Waals surface area contributed by atoms with Crippen molar-refractivity contribution < 1.29 is 31.1 Å². The largest absolute Gasteiger partial charge is 0.511 e. The van der Waals surface area contributed by atoms with Crippen LogP contribution in [0.1, 0.15) is 27.2 Å². The highest BCUT2D eigenvalue weighted by atomic mass is 32.2. The average Bonchev–Trinajstić information content (AvgIpc) is 2.16. The lowest BCUT2D eigenvalue weighted by Gasteiger charge is -2.39. The molecule has 0 aromatic carbocycles. The van der Waals surface area contributed by atoms with Gasteiger partial charge in [-0.05, 0) is 33.1 Å². The standard InChI is InChI=1S/C11H19F3N2O4S/c1-10(2,3)20-9(17)16-6-8(7-16)4-5-15-21(18,19)11(12,13)14/h8,15H,4-7H2,1-3H3. The van der Waals surface area contributed by atoms with E-state index in [0.717, 1.165) is 0 Å². The quantitative estimate of drug-likeness (QED) is 0.850. The maximum atomic E-state index is 12.1. The molecule has 0 aromatic rings. The molecule has 1 heterocycles. The second-order valence-corrected chi connectivity index (χ2v) is 7.64. The number of nitrogens with one attached hydrogen (secondary N) is 1. The van der Waals surface area contributed by atoms with Gasteiger partial charge in [0.25, 0.3) is 0 Å². The first-order valence-corrected chi connectivity index (χ1v) is 7.84. The van der Waals surface area contributed by atoms with Gasteiger partial charge >= 0.3 is 21.6 Å². The topological polar surface area (TPSA) is 75.7 Å². The van der Waals surface area contributed by atoms with Crippen molar-refractivity contribution in [3.63, 3.8) is 0 Å². The van der Waals surface area contributed by atoms with Gasteiger partial charge in [-0.2, -0.15) is 13.2 Å². The molecular weight excluding hydrogens is 313 g/mol. The van der Waals surface area contributed by atoms with Crippen LogP contribution in [-0.4, -0.2) is 50.2 Å². The number of nitrogens with zero attached hydrogens (tertiary/aromatic N) is 1. The van der Waals surface area contributed by atoms with Crippen molar-refractivity contribution in [3.8, 4) is 0 Å². The number of likely N-dealkylation sites (tertiary alicyclic amines) is 1. The summed E-state index contributed by atoms with van der Waals surface area (Å²) >= 11 is 0. The highest BCUT2D eigenvalue weighted by molar-refractivity contribution is 7.90. The molecule has 0 spiro atoms. The van der Waals surface area contributed by atoms with Gasteiger partial charge in [0.2, 0.25) is 0 Å². The summed E-state index contributed by atoms with van der Waals surface area (Å²) in [5.74, 6) is -0.0338. The summed E-state index contributed by atoms with van der Waals surface area (Å²) in [5, 5.41) is 0. The smallest absolute Gasteiger partial charge is 0.444 e. The van der Waals surface area contributed by atoms with Crippen molar-refractivity contribution in [2.45, 2.75) is 38.3 Å². The van der Waals surface area contributed by atoms with Gasteiger partial charge in [-0.25, -0.2) is 17.9 Å². The van der Waals surface area contributed by atoms with Crippen molar-refractivity contribution in [2.75, 3.05) is 19.6 Å². The lowest BCUT2D eigenvalue weighted by molar-refractivity contribution is -0.0448. The molecule has 0 aliphatic carbocycles. The molecule has 1 rings (SSSR count). The summed E-state index contributed by atoms with van der Waals surface area (Å²) in [6, 6.07) is 0. The van der Waals surface area contributed by atoms with Gasteiger partial charge in [0.1, 0.15) is 5.60 Å². The van der Waals surface area contributed by atoms with Crippen molar-refractivity contribution in [3.05, 3.63) is 0 Å². The minimum atomic E-state index is -5.30. The van der Waals surface area contributed by atoms with Crippen LogP contribution in [0.15, 0.2) is 0 Å². The van der Waals surface area contributed by atoms with Crippen LogP contribution in [0.2, 0.25) is 0 Å². The number of alkyl halides is 3.